The number of rotatable bonds is 4. The molecule has 1 atom stereocenters. The van der Waals surface area contributed by atoms with Gasteiger partial charge in [0.1, 0.15) is 12.2 Å². The molecular weight excluding hydrogens is 284 g/mol. The molecular formula is C14H24N6O2. The first-order valence-electron chi connectivity index (χ1n) is 7.63. The molecule has 0 saturated carbocycles. The number of aryl methyl sites for hydroxylation is 1. The van der Waals surface area contributed by atoms with Crippen molar-refractivity contribution in [3.63, 3.8) is 0 Å². The van der Waals surface area contributed by atoms with E-state index >= 15 is 0 Å². The summed E-state index contributed by atoms with van der Waals surface area (Å²) in [6, 6.07) is -0.350. The van der Waals surface area contributed by atoms with Crippen molar-refractivity contribution in [3.05, 3.63) is 12.2 Å². The van der Waals surface area contributed by atoms with E-state index in [4.69, 9.17) is 0 Å². The lowest BCUT2D eigenvalue weighted by Crippen LogP contribution is -2.44. The van der Waals surface area contributed by atoms with Gasteiger partial charge in [0, 0.05) is 33.1 Å². The van der Waals surface area contributed by atoms with E-state index < -0.39 is 0 Å². The van der Waals surface area contributed by atoms with Crippen LogP contribution in [0.15, 0.2) is 6.33 Å². The van der Waals surface area contributed by atoms with E-state index in [1.54, 1.807) is 9.58 Å². The smallest absolute Gasteiger partial charge is 0.318 e. The number of nitrogens with zero attached hydrogens (tertiary/aromatic N) is 4. The predicted octanol–water partition coefficient (Wildman–Crippen LogP) is 0.434. The van der Waals surface area contributed by atoms with Crippen LogP contribution in [0.3, 0.4) is 0 Å². The lowest BCUT2D eigenvalue weighted by atomic mass is 10.0. The average Bonchev–Trinajstić information content (AvgIpc) is 2.74. The maximum absolute atomic E-state index is 12.5. The quantitative estimate of drug-likeness (QED) is 0.844. The summed E-state index contributed by atoms with van der Waals surface area (Å²) in [7, 11) is 1.82. The molecule has 8 nitrogen and oxygen atoms in total. The number of urea groups is 1. The van der Waals surface area contributed by atoms with E-state index in [0.29, 0.717) is 32.0 Å². The molecule has 2 rings (SSSR count). The Labute approximate surface area is 130 Å². The van der Waals surface area contributed by atoms with Crippen molar-refractivity contribution in [3.8, 4) is 0 Å². The molecule has 0 unspecified atom stereocenters. The molecule has 1 aliphatic rings. The summed E-state index contributed by atoms with van der Waals surface area (Å²) >= 11 is 0. The number of carbonyl (C=O) groups is 2. The van der Waals surface area contributed by atoms with E-state index in [1.807, 2.05) is 7.05 Å². The highest BCUT2D eigenvalue weighted by molar-refractivity contribution is 5.79. The maximum Gasteiger partial charge on any atom is 0.318 e. The summed E-state index contributed by atoms with van der Waals surface area (Å²) in [5.74, 6) is 1.14. The number of nitrogens with one attached hydrogen (secondary N) is 2. The number of hydrogen-bond acceptors (Lipinski definition) is 4. The molecule has 3 amide bonds. The van der Waals surface area contributed by atoms with Crippen LogP contribution in [0.25, 0.3) is 0 Å². The van der Waals surface area contributed by atoms with Crippen molar-refractivity contribution in [2.24, 2.45) is 13.0 Å². The zero-order valence-electron chi connectivity index (χ0n) is 13.4. The minimum absolute atomic E-state index is 0.0117. The highest BCUT2D eigenvalue weighted by Gasteiger charge is 2.24. The SMILES string of the molecule is CC(C)C[C@@H](NC(=O)N1CCNC(=O)CC1)c1ncnn1C. The van der Waals surface area contributed by atoms with E-state index in [0.717, 1.165) is 12.2 Å². The Balaban J connectivity index is 2.04. The standard InChI is InChI=1S/C14H24N6O2/c1-10(2)8-11(13-16-9-17-19(13)3)18-14(22)20-6-4-12(21)15-5-7-20/h9-11H,4-8H2,1-3H3,(H,15,21)(H,18,22)/t11-/m1/s1. The number of carbonyl (C=O) groups excluding carboxylic acids is 2. The van der Waals surface area contributed by atoms with Gasteiger partial charge >= 0.3 is 6.03 Å². The zero-order valence-corrected chi connectivity index (χ0v) is 13.4. The lowest BCUT2D eigenvalue weighted by Gasteiger charge is -2.25. The third-order valence-corrected chi connectivity index (χ3v) is 3.66. The molecule has 1 aromatic heterocycles. The third kappa shape index (κ3) is 4.19. The van der Waals surface area contributed by atoms with Crippen LogP contribution in [0.2, 0.25) is 0 Å². The van der Waals surface area contributed by atoms with Crippen LogP contribution >= 0.6 is 0 Å². The summed E-state index contributed by atoms with van der Waals surface area (Å²) < 4.78 is 1.68. The summed E-state index contributed by atoms with van der Waals surface area (Å²) in [4.78, 5) is 29.8. The van der Waals surface area contributed by atoms with Crippen molar-refractivity contribution < 1.29 is 9.59 Å². The van der Waals surface area contributed by atoms with Gasteiger partial charge in [-0.25, -0.2) is 9.78 Å². The largest absolute Gasteiger partial charge is 0.354 e. The van der Waals surface area contributed by atoms with Crippen LogP contribution in [-0.4, -0.2) is 51.2 Å². The normalized spacial score (nSPS) is 17.1. The highest BCUT2D eigenvalue weighted by atomic mass is 16.2. The first kappa shape index (κ1) is 16.3. The first-order chi connectivity index (χ1) is 10.5. The van der Waals surface area contributed by atoms with Crippen LogP contribution < -0.4 is 10.6 Å². The molecule has 22 heavy (non-hydrogen) atoms. The second-order valence-electron chi connectivity index (χ2n) is 5.96. The number of aromatic nitrogens is 3. The van der Waals surface area contributed by atoms with E-state index in [1.165, 1.54) is 6.33 Å². The predicted molar refractivity (Wildman–Crippen MR) is 80.9 cm³/mol. The fourth-order valence-electron chi connectivity index (χ4n) is 2.53. The first-order valence-corrected chi connectivity index (χ1v) is 7.63. The van der Waals surface area contributed by atoms with Gasteiger partial charge in [0.25, 0.3) is 0 Å². The zero-order chi connectivity index (χ0) is 16.1. The van der Waals surface area contributed by atoms with E-state index in [9.17, 15) is 9.59 Å². The molecule has 2 N–H and O–H groups in total. The van der Waals surface area contributed by atoms with Crippen LogP contribution in [0.1, 0.15) is 38.6 Å². The second-order valence-corrected chi connectivity index (χ2v) is 5.96. The maximum atomic E-state index is 12.5. The van der Waals surface area contributed by atoms with Crippen molar-refractivity contribution in [2.75, 3.05) is 19.6 Å². The van der Waals surface area contributed by atoms with Crippen molar-refractivity contribution >= 4 is 11.9 Å². The van der Waals surface area contributed by atoms with Crippen molar-refractivity contribution in [2.45, 2.75) is 32.7 Å². The van der Waals surface area contributed by atoms with Crippen LogP contribution in [0.5, 0.6) is 0 Å². The van der Waals surface area contributed by atoms with Gasteiger partial charge < -0.3 is 15.5 Å². The minimum atomic E-state index is -0.188. The van der Waals surface area contributed by atoms with Crippen molar-refractivity contribution in [1.82, 2.24) is 30.3 Å². The Morgan fingerprint density at radius 1 is 1.45 bits per heavy atom. The molecule has 122 valence electrons. The van der Waals surface area contributed by atoms with Crippen LogP contribution in [0, 0.1) is 5.92 Å². The highest BCUT2D eigenvalue weighted by Crippen LogP contribution is 2.19. The Hall–Kier alpha value is -2.12. The van der Waals surface area contributed by atoms with Gasteiger partial charge in [-0.3, -0.25) is 9.48 Å². The van der Waals surface area contributed by atoms with Gasteiger partial charge in [0.05, 0.1) is 6.04 Å². The van der Waals surface area contributed by atoms with Gasteiger partial charge in [0.15, 0.2) is 0 Å². The summed E-state index contributed by atoms with van der Waals surface area (Å²) in [6.45, 7) is 5.65. The molecule has 0 spiro atoms. The minimum Gasteiger partial charge on any atom is -0.354 e. The van der Waals surface area contributed by atoms with E-state index in [2.05, 4.69) is 34.6 Å². The molecule has 1 fully saturated rings. The lowest BCUT2D eigenvalue weighted by molar-refractivity contribution is -0.120. The van der Waals surface area contributed by atoms with Gasteiger partial charge in [-0.1, -0.05) is 13.8 Å². The van der Waals surface area contributed by atoms with Crippen molar-refractivity contribution in [1.29, 1.82) is 0 Å². The molecule has 1 saturated heterocycles. The monoisotopic (exact) mass is 308 g/mol. The molecule has 2 heterocycles. The van der Waals surface area contributed by atoms with Gasteiger partial charge in [0.2, 0.25) is 5.91 Å². The fraction of sp³-hybridized carbons (Fsp3) is 0.714. The molecule has 1 aliphatic heterocycles. The molecule has 8 heteroatoms. The Bertz CT molecular complexity index is 527. The molecule has 1 aromatic rings. The molecule has 0 bridgehead atoms. The Morgan fingerprint density at radius 3 is 2.86 bits per heavy atom. The average molecular weight is 308 g/mol. The van der Waals surface area contributed by atoms with Gasteiger partial charge in [-0.15, -0.1) is 0 Å². The summed E-state index contributed by atoms with van der Waals surface area (Å²) in [5, 5.41) is 9.87. The summed E-state index contributed by atoms with van der Waals surface area (Å²) in [6.07, 6.45) is 2.61. The molecule has 0 aliphatic carbocycles. The second kappa shape index (κ2) is 7.24. The molecule has 0 radical (unpaired) electrons. The van der Waals surface area contributed by atoms with Crippen LogP contribution in [0.4, 0.5) is 4.79 Å². The van der Waals surface area contributed by atoms with E-state index in [-0.39, 0.29) is 18.0 Å². The Kier molecular flexibility index (Phi) is 5.35. The van der Waals surface area contributed by atoms with Crippen LogP contribution in [-0.2, 0) is 11.8 Å². The summed E-state index contributed by atoms with van der Waals surface area (Å²) in [5.41, 5.74) is 0. The van der Waals surface area contributed by atoms with Gasteiger partial charge in [-0.05, 0) is 12.3 Å². The molecule has 0 aromatic carbocycles. The Morgan fingerprint density at radius 2 is 2.23 bits per heavy atom. The number of amides is 3. The van der Waals surface area contributed by atoms with Gasteiger partial charge in [-0.2, -0.15) is 5.10 Å². The third-order valence-electron chi connectivity index (χ3n) is 3.66. The number of hydrogen-bond donors (Lipinski definition) is 2. The fourth-order valence-corrected chi connectivity index (χ4v) is 2.53. The topological polar surface area (TPSA) is 92.2 Å².